The molecule has 0 aromatic heterocycles. The average Bonchev–Trinajstić information content (AvgIpc) is 2.19. The Morgan fingerprint density at radius 1 is 1.50 bits per heavy atom. The quantitative estimate of drug-likeness (QED) is 0.852. The summed E-state index contributed by atoms with van der Waals surface area (Å²) < 4.78 is 13.2. The first-order valence-electron chi connectivity index (χ1n) is 5.53. The molecule has 2 nitrogen and oxygen atoms in total. The summed E-state index contributed by atoms with van der Waals surface area (Å²) in [4.78, 5) is 0. The summed E-state index contributed by atoms with van der Waals surface area (Å²) in [7, 11) is 0. The van der Waals surface area contributed by atoms with E-state index in [-0.39, 0.29) is 5.02 Å². The van der Waals surface area contributed by atoms with Crippen molar-refractivity contribution in [1.82, 2.24) is 5.32 Å². The van der Waals surface area contributed by atoms with Crippen LogP contribution in [0.3, 0.4) is 0 Å². The summed E-state index contributed by atoms with van der Waals surface area (Å²) in [6, 6.07) is 4.93. The minimum Gasteiger partial charge on any atom is -0.387 e. The lowest BCUT2D eigenvalue weighted by molar-refractivity contribution is 0.161. The topological polar surface area (TPSA) is 32.3 Å². The van der Waals surface area contributed by atoms with Gasteiger partial charge in [-0.1, -0.05) is 24.1 Å². The molecular weight excluding hydrogens is 229 g/mol. The summed E-state index contributed by atoms with van der Waals surface area (Å²) in [5.41, 5.74) is 0.564. The maximum Gasteiger partial charge on any atom is 0.142 e. The number of halogens is 2. The Morgan fingerprint density at radius 2 is 2.25 bits per heavy atom. The first-order chi connectivity index (χ1) is 7.66. The second-order valence-electron chi connectivity index (χ2n) is 4.23. The van der Waals surface area contributed by atoms with Crippen LogP contribution >= 0.6 is 11.6 Å². The fraction of sp³-hybridized carbons (Fsp3) is 0.500. The molecule has 0 radical (unpaired) electrons. The first kappa shape index (κ1) is 11.8. The Labute approximate surface area is 99.4 Å². The Bertz CT molecular complexity index is 368. The predicted octanol–water partition coefficient (Wildman–Crippen LogP) is 2.65. The van der Waals surface area contributed by atoms with Gasteiger partial charge in [-0.3, -0.25) is 0 Å². The fourth-order valence-corrected chi connectivity index (χ4v) is 1.85. The molecule has 1 aliphatic rings. The van der Waals surface area contributed by atoms with Crippen molar-refractivity contribution < 1.29 is 9.50 Å². The minimum atomic E-state index is -0.674. The molecule has 2 rings (SSSR count). The molecule has 2 N–H and O–H groups in total. The number of aliphatic hydroxyl groups excluding tert-OH is 1. The van der Waals surface area contributed by atoms with E-state index in [1.54, 1.807) is 6.07 Å². The zero-order chi connectivity index (χ0) is 11.5. The molecule has 0 spiro atoms. The third-order valence-electron chi connectivity index (χ3n) is 3.03. The van der Waals surface area contributed by atoms with Crippen molar-refractivity contribution in [2.24, 2.45) is 0 Å². The number of hydrogen-bond donors (Lipinski definition) is 2. The third kappa shape index (κ3) is 2.73. The van der Waals surface area contributed by atoms with Crippen LogP contribution in [0.1, 0.15) is 30.9 Å². The van der Waals surface area contributed by atoms with Crippen molar-refractivity contribution in [3.8, 4) is 0 Å². The van der Waals surface area contributed by atoms with Crippen LogP contribution in [0.25, 0.3) is 0 Å². The van der Waals surface area contributed by atoms with Gasteiger partial charge in [-0.05, 0) is 30.5 Å². The molecule has 0 saturated heterocycles. The van der Waals surface area contributed by atoms with E-state index in [9.17, 15) is 9.50 Å². The van der Waals surface area contributed by atoms with Crippen LogP contribution in [-0.4, -0.2) is 17.7 Å². The zero-order valence-electron chi connectivity index (χ0n) is 8.92. The molecule has 0 amide bonds. The van der Waals surface area contributed by atoms with Gasteiger partial charge in [-0.15, -0.1) is 0 Å². The highest BCUT2D eigenvalue weighted by molar-refractivity contribution is 6.30. The number of benzene rings is 1. The van der Waals surface area contributed by atoms with Gasteiger partial charge in [0.05, 0.1) is 11.1 Å². The average molecular weight is 244 g/mol. The van der Waals surface area contributed by atoms with Crippen LogP contribution in [0.4, 0.5) is 4.39 Å². The van der Waals surface area contributed by atoms with E-state index in [4.69, 9.17) is 11.6 Å². The Balaban J connectivity index is 1.91. The van der Waals surface area contributed by atoms with Crippen molar-refractivity contribution >= 4 is 11.6 Å². The Kier molecular flexibility index (Phi) is 3.79. The number of rotatable bonds is 4. The van der Waals surface area contributed by atoms with Crippen molar-refractivity contribution in [2.75, 3.05) is 6.54 Å². The van der Waals surface area contributed by atoms with Crippen LogP contribution in [0.2, 0.25) is 5.02 Å². The molecule has 4 heteroatoms. The van der Waals surface area contributed by atoms with Gasteiger partial charge in [-0.25, -0.2) is 4.39 Å². The Morgan fingerprint density at radius 3 is 2.81 bits per heavy atom. The van der Waals surface area contributed by atoms with Gasteiger partial charge in [-0.2, -0.15) is 0 Å². The molecule has 88 valence electrons. The van der Waals surface area contributed by atoms with Gasteiger partial charge in [0.1, 0.15) is 5.82 Å². The van der Waals surface area contributed by atoms with Crippen molar-refractivity contribution in [3.63, 3.8) is 0 Å². The highest BCUT2D eigenvalue weighted by Gasteiger charge is 2.18. The largest absolute Gasteiger partial charge is 0.387 e. The molecule has 1 aromatic rings. The van der Waals surface area contributed by atoms with Gasteiger partial charge >= 0.3 is 0 Å². The highest BCUT2D eigenvalue weighted by atomic mass is 35.5. The van der Waals surface area contributed by atoms with Gasteiger partial charge in [0, 0.05) is 12.6 Å². The third-order valence-corrected chi connectivity index (χ3v) is 3.34. The summed E-state index contributed by atoms with van der Waals surface area (Å²) in [6.45, 7) is 0.464. The highest BCUT2D eigenvalue weighted by Crippen LogP contribution is 2.22. The molecule has 1 aliphatic carbocycles. The molecule has 0 heterocycles. The first-order valence-corrected chi connectivity index (χ1v) is 5.91. The van der Waals surface area contributed by atoms with Crippen LogP contribution in [0, 0.1) is 5.82 Å². The summed E-state index contributed by atoms with van der Waals surface area (Å²) in [5, 5.41) is 13.2. The van der Waals surface area contributed by atoms with E-state index >= 15 is 0 Å². The van der Waals surface area contributed by atoms with E-state index < -0.39 is 11.9 Å². The fourth-order valence-electron chi connectivity index (χ4n) is 1.73. The second-order valence-corrected chi connectivity index (χ2v) is 4.63. The van der Waals surface area contributed by atoms with E-state index in [1.807, 2.05) is 0 Å². The number of nitrogens with one attached hydrogen (secondary N) is 1. The molecule has 16 heavy (non-hydrogen) atoms. The second kappa shape index (κ2) is 5.13. The summed E-state index contributed by atoms with van der Waals surface area (Å²) in [5.74, 6) is -0.484. The maximum atomic E-state index is 13.2. The van der Waals surface area contributed by atoms with Gasteiger partial charge in [0.15, 0.2) is 0 Å². The molecule has 1 fully saturated rings. The van der Waals surface area contributed by atoms with Crippen LogP contribution in [-0.2, 0) is 0 Å². The maximum absolute atomic E-state index is 13.2. The summed E-state index contributed by atoms with van der Waals surface area (Å²) in [6.07, 6.45) is 2.92. The lowest BCUT2D eigenvalue weighted by Gasteiger charge is -2.27. The number of hydrogen-bond acceptors (Lipinski definition) is 2. The molecule has 1 atom stereocenters. The lowest BCUT2D eigenvalue weighted by atomic mass is 9.93. The predicted molar refractivity (Wildman–Crippen MR) is 62.0 cm³/mol. The number of aliphatic hydroxyl groups is 1. The molecule has 0 aliphatic heterocycles. The van der Waals surface area contributed by atoms with E-state index in [0.717, 1.165) is 0 Å². The van der Waals surface area contributed by atoms with Crippen molar-refractivity contribution in [3.05, 3.63) is 34.6 Å². The van der Waals surface area contributed by atoms with Crippen LogP contribution in [0.5, 0.6) is 0 Å². The van der Waals surface area contributed by atoms with E-state index in [2.05, 4.69) is 5.32 Å². The standard InChI is InChI=1S/C12H15ClFNO/c13-10-5-4-8(6-11(10)14)12(16)7-15-9-2-1-3-9/h4-6,9,12,15-16H,1-3,7H2. The normalized spacial score (nSPS) is 18.2. The van der Waals surface area contributed by atoms with Gasteiger partial charge < -0.3 is 10.4 Å². The monoisotopic (exact) mass is 243 g/mol. The Hall–Kier alpha value is -0.640. The molecule has 1 saturated carbocycles. The SMILES string of the molecule is OC(CNC1CCC1)c1ccc(Cl)c(F)c1. The molecule has 0 bridgehead atoms. The van der Waals surface area contributed by atoms with Crippen molar-refractivity contribution in [1.29, 1.82) is 0 Å². The van der Waals surface area contributed by atoms with Crippen LogP contribution < -0.4 is 5.32 Å². The lowest BCUT2D eigenvalue weighted by Crippen LogP contribution is -2.37. The minimum absolute atomic E-state index is 0.0860. The van der Waals surface area contributed by atoms with Crippen molar-refractivity contribution in [2.45, 2.75) is 31.4 Å². The molecule has 1 unspecified atom stereocenters. The van der Waals surface area contributed by atoms with Gasteiger partial charge in [0.2, 0.25) is 0 Å². The zero-order valence-corrected chi connectivity index (χ0v) is 9.67. The molecular formula is C12H15ClFNO. The smallest absolute Gasteiger partial charge is 0.142 e. The summed E-state index contributed by atoms with van der Waals surface area (Å²) >= 11 is 5.57. The van der Waals surface area contributed by atoms with E-state index in [1.165, 1.54) is 31.4 Å². The molecule has 1 aromatic carbocycles. The van der Waals surface area contributed by atoms with E-state index in [0.29, 0.717) is 18.2 Å². The van der Waals surface area contributed by atoms with Gasteiger partial charge in [0.25, 0.3) is 0 Å². The van der Waals surface area contributed by atoms with Crippen LogP contribution in [0.15, 0.2) is 18.2 Å².